The molecule has 0 saturated heterocycles. The average Bonchev–Trinajstić information content (AvgIpc) is 2.53. The molecule has 0 fully saturated rings. The number of carbonyl (C=O) groups is 1. The Bertz CT molecular complexity index is 535. The van der Waals surface area contributed by atoms with Crippen LogP contribution >= 0.6 is 0 Å². The molecule has 5 heteroatoms. The van der Waals surface area contributed by atoms with E-state index in [-0.39, 0.29) is 11.8 Å². The topological polar surface area (TPSA) is 62.6 Å². The molecule has 0 N–H and O–H groups in total. The fourth-order valence-corrected chi connectivity index (χ4v) is 2.18. The number of hydrogen-bond donors (Lipinski definition) is 0. The van der Waals surface area contributed by atoms with Gasteiger partial charge in [0, 0.05) is 19.0 Å². The molecule has 0 aliphatic rings. The van der Waals surface area contributed by atoms with Gasteiger partial charge < -0.3 is 14.4 Å². The third-order valence-electron chi connectivity index (χ3n) is 3.42. The number of benzene rings is 1. The Balaban J connectivity index is 2.75. The number of ether oxygens (including phenoxy) is 2. The van der Waals surface area contributed by atoms with E-state index in [1.165, 1.54) is 0 Å². The maximum absolute atomic E-state index is 12.2. The monoisotopic (exact) mass is 304 g/mol. The van der Waals surface area contributed by atoms with E-state index in [2.05, 4.69) is 6.07 Å². The zero-order valence-corrected chi connectivity index (χ0v) is 13.8. The molecule has 1 rings (SSSR count). The van der Waals surface area contributed by atoms with Gasteiger partial charge in [-0.1, -0.05) is 19.9 Å². The van der Waals surface area contributed by atoms with Crippen LogP contribution in [-0.2, 0) is 11.2 Å². The van der Waals surface area contributed by atoms with Crippen molar-refractivity contribution in [2.75, 3.05) is 27.3 Å². The van der Waals surface area contributed by atoms with E-state index in [0.29, 0.717) is 37.4 Å². The molecular formula is C17H24N2O3. The summed E-state index contributed by atoms with van der Waals surface area (Å²) < 4.78 is 10.5. The number of rotatable bonds is 8. The fraction of sp³-hybridized carbons (Fsp3) is 0.529. The predicted octanol–water partition coefficient (Wildman–Crippen LogP) is 2.64. The van der Waals surface area contributed by atoms with E-state index in [9.17, 15) is 4.79 Å². The summed E-state index contributed by atoms with van der Waals surface area (Å²) in [5, 5.41) is 8.73. The summed E-state index contributed by atoms with van der Waals surface area (Å²) in [4.78, 5) is 13.9. The molecule has 0 saturated carbocycles. The molecule has 0 heterocycles. The Kier molecular flexibility index (Phi) is 7.24. The fourth-order valence-electron chi connectivity index (χ4n) is 2.18. The Morgan fingerprint density at radius 1 is 1.23 bits per heavy atom. The van der Waals surface area contributed by atoms with E-state index in [0.717, 1.165) is 5.56 Å². The molecule has 0 atom stereocenters. The van der Waals surface area contributed by atoms with Crippen molar-refractivity contribution in [2.24, 2.45) is 5.92 Å². The highest BCUT2D eigenvalue weighted by Crippen LogP contribution is 2.27. The van der Waals surface area contributed by atoms with Gasteiger partial charge in [-0.05, 0) is 24.1 Å². The standard InChI is InChI=1S/C17H24N2O3/c1-13(2)17(20)19(10-5-9-18)11-8-14-6-7-15(21-3)16(12-14)22-4/h6-7,12-13H,5,8,10-11H2,1-4H3. The quantitative estimate of drug-likeness (QED) is 0.740. The molecular weight excluding hydrogens is 280 g/mol. The Morgan fingerprint density at radius 3 is 2.45 bits per heavy atom. The first-order valence-corrected chi connectivity index (χ1v) is 7.40. The largest absolute Gasteiger partial charge is 0.493 e. The normalized spacial score (nSPS) is 10.2. The Labute approximate surface area is 132 Å². The van der Waals surface area contributed by atoms with Gasteiger partial charge in [-0.3, -0.25) is 4.79 Å². The number of nitriles is 1. The van der Waals surface area contributed by atoms with Crippen molar-refractivity contribution in [1.29, 1.82) is 5.26 Å². The van der Waals surface area contributed by atoms with E-state index in [1.807, 2.05) is 32.0 Å². The number of carbonyl (C=O) groups excluding carboxylic acids is 1. The lowest BCUT2D eigenvalue weighted by Crippen LogP contribution is -2.36. The van der Waals surface area contributed by atoms with Gasteiger partial charge in [0.1, 0.15) is 0 Å². The number of nitrogens with zero attached hydrogens (tertiary/aromatic N) is 2. The first kappa shape index (κ1) is 17.8. The summed E-state index contributed by atoms with van der Waals surface area (Å²) in [6.07, 6.45) is 1.06. The van der Waals surface area contributed by atoms with E-state index >= 15 is 0 Å². The third kappa shape index (κ3) is 4.96. The lowest BCUT2D eigenvalue weighted by atomic mass is 10.1. The zero-order chi connectivity index (χ0) is 16.5. The molecule has 22 heavy (non-hydrogen) atoms. The molecule has 120 valence electrons. The van der Waals surface area contributed by atoms with Crippen LogP contribution in [0.4, 0.5) is 0 Å². The molecule has 0 aliphatic heterocycles. The van der Waals surface area contributed by atoms with Crippen LogP contribution in [0.15, 0.2) is 18.2 Å². The van der Waals surface area contributed by atoms with Crippen LogP contribution in [0.25, 0.3) is 0 Å². The van der Waals surface area contributed by atoms with Gasteiger partial charge in [-0.15, -0.1) is 0 Å². The molecule has 1 aromatic carbocycles. The molecule has 1 amide bonds. The maximum atomic E-state index is 12.2. The Morgan fingerprint density at radius 2 is 1.91 bits per heavy atom. The number of amides is 1. The van der Waals surface area contributed by atoms with Crippen LogP contribution < -0.4 is 9.47 Å². The second kappa shape index (κ2) is 8.93. The van der Waals surface area contributed by atoms with Gasteiger partial charge in [-0.2, -0.15) is 5.26 Å². The minimum atomic E-state index is -0.0657. The highest BCUT2D eigenvalue weighted by Gasteiger charge is 2.16. The van der Waals surface area contributed by atoms with Crippen LogP contribution in [0.2, 0.25) is 0 Å². The first-order valence-electron chi connectivity index (χ1n) is 7.40. The summed E-state index contributed by atoms with van der Waals surface area (Å²) in [5.74, 6) is 1.38. The molecule has 0 aliphatic carbocycles. The van der Waals surface area contributed by atoms with Gasteiger partial charge in [0.15, 0.2) is 11.5 Å². The predicted molar refractivity (Wildman–Crippen MR) is 84.9 cm³/mol. The number of hydrogen-bond acceptors (Lipinski definition) is 4. The molecule has 0 aromatic heterocycles. The van der Waals surface area contributed by atoms with E-state index in [1.54, 1.807) is 19.1 Å². The van der Waals surface area contributed by atoms with Gasteiger partial charge in [0.25, 0.3) is 0 Å². The van der Waals surface area contributed by atoms with Crippen molar-refractivity contribution in [2.45, 2.75) is 26.7 Å². The second-order valence-electron chi connectivity index (χ2n) is 5.33. The summed E-state index contributed by atoms with van der Waals surface area (Å²) in [6.45, 7) is 4.81. The van der Waals surface area contributed by atoms with Crippen LogP contribution in [0.3, 0.4) is 0 Å². The minimum absolute atomic E-state index is 0.0657. The van der Waals surface area contributed by atoms with E-state index < -0.39 is 0 Å². The van der Waals surface area contributed by atoms with Crippen LogP contribution in [0.1, 0.15) is 25.8 Å². The first-order chi connectivity index (χ1) is 10.5. The summed E-state index contributed by atoms with van der Waals surface area (Å²) >= 11 is 0. The smallest absolute Gasteiger partial charge is 0.225 e. The van der Waals surface area contributed by atoms with Crippen LogP contribution in [-0.4, -0.2) is 38.1 Å². The van der Waals surface area contributed by atoms with Crippen molar-refractivity contribution in [3.8, 4) is 17.6 Å². The highest BCUT2D eigenvalue weighted by atomic mass is 16.5. The lowest BCUT2D eigenvalue weighted by Gasteiger charge is -2.23. The SMILES string of the molecule is COc1ccc(CCN(CCC#N)C(=O)C(C)C)cc1OC. The highest BCUT2D eigenvalue weighted by molar-refractivity contribution is 5.78. The van der Waals surface area contributed by atoms with Gasteiger partial charge >= 0.3 is 0 Å². The van der Waals surface area contributed by atoms with Crippen molar-refractivity contribution < 1.29 is 14.3 Å². The van der Waals surface area contributed by atoms with Crippen molar-refractivity contribution in [3.63, 3.8) is 0 Å². The third-order valence-corrected chi connectivity index (χ3v) is 3.42. The molecule has 0 radical (unpaired) electrons. The minimum Gasteiger partial charge on any atom is -0.493 e. The average molecular weight is 304 g/mol. The number of methoxy groups -OCH3 is 2. The van der Waals surface area contributed by atoms with Crippen LogP contribution in [0, 0.1) is 17.2 Å². The lowest BCUT2D eigenvalue weighted by molar-refractivity contribution is -0.134. The maximum Gasteiger partial charge on any atom is 0.225 e. The molecule has 1 aromatic rings. The summed E-state index contributed by atoms with van der Waals surface area (Å²) in [5.41, 5.74) is 1.07. The zero-order valence-electron chi connectivity index (χ0n) is 13.8. The Hall–Kier alpha value is -2.22. The summed E-state index contributed by atoms with van der Waals surface area (Å²) in [6, 6.07) is 7.83. The second-order valence-corrected chi connectivity index (χ2v) is 5.33. The van der Waals surface area contributed by atoms with Crippen molar-refractivity contribution >= 4 is 5.91 Å². The van der Waals surface area contributed by atoms with Crippen molar-refractivity contribution in [1.82, 2.24) is 4.90 Å². The molecule has 0 bridgehead atoms. The summed E-state index contributed by atoms with van der Waals surface area (Å²) in [7, 11) is 3.20. The van der Waals surface area contributed by atoms with Gasteiger partial charge in [0.05, 0.1) is 26.7 Å². The molecule has 0 unspecified atom stereocenters. The van der Waals surface area contributed by atoms with Crippen molar-refractivity contribution in [3.05, 3.63) is 23.8 Å². The van der Waals surface area contributed by atoms with E-state index in [4.69, 9.17) is 14.7 Å². The molecule has 0 spiro atoms. The van der Waals surface area contributed by atoms with Crippen LogP contribution in [0.5, 0.6) is 11.5 Å². The van der Waals surface area contributed by atoms with Gasteiger partial charge in [-0.25, -0.2) is 0 Å². The van der Waals surface area contributed by atoms with Gasteiger partial charge in [0.2, 0.25) is 5.91 Å². The molecule has 5 nitrogen and oxygen atoms in total.